The second kappa shape index (κ2) is 5.13. The monoisotopic (exact) mass is 316 g/mol. The highest BCUT2D eigenvalue weighted by atomic mass is 19.4. The molecule has 2 heterocycles. The smallest absolute Gasteiger partial charge is 0.408 e. The van der Waals surface area contributed by atoms with Gasteiger partial charge >= 0.3 is 11.9 Å². The lowest BCUT2D eigenvalue weighted by Gasteiger charge is -2.38. The van der Waals surface area contributed by atoms with Gasteiger partial charge in [0.15, 0.2) is 11.2 Å². The lowest BCUT2D eigenvalue weighted by atomic mass is 9.91. The number of fused-ring (bicyclic) bond motifs is 1. The van der Waals surface area contributed by atoms with E-state index in [2.05, 4.69) is 0 Å². The molecule has 3 rings (SSSR count). The molecule has 8 heteroatoms. The molecule has 1 N–H and O–H groups in total. The summed E-state index contributed by atoms with van der Waals surface area (Å²) in [7, 11) is 0. The topological polar surface area (TPSA) is 58.6 Å². The number of piperidine rings is 1. The van der Waals surface area contributed by atoms with Gasteiger partial charge in [-0.1, -0.05) is 12.1 Å². The van der Waals surface area contributed by atoms with Gasteiger partial charge in [0.2, 0.25) is 0 Å². The van der Waals surface area contributed by atoms with E-state index in [9.17, 15) is 23.1 Å². The molecule has 1 aliphatic heterocycles. The molecule has 0 aliphatic carbocycles. The highest BCUT2D eigenvalue weighted by molar-refractivity contribution is 5.72. The van der Waals surface area contributed by atoms with E-state index in [1.807, 2.05) is 0 Å². The van der Waals surface area contributed by atoms with Crippen molar-refractivity contribution in [2.45, 2.75) is 31.3 Å². The number of halogens is 3. The Morgan fingerprint density at radius 3 is 2.50 bits per heavy atom. The molecule has 0 amide bonds. The summed E-state index contributed by atoms with van der Waals surface area (Å²) in [5.74, 6) is -0.544. The van der Waals surface area contributed by atoms with Gasteiger partial charge in [-0.2, -0.15) is 13.2 Å². The number of alkyl halides is 3. The first-order valence-electron chi connectivity index (χ1n) is 6.90. The van der Waals surface area contributed by atoms with Crippen molar-refractivity contribution in [3.63, 3.8) is 0 Å². The molecule has 0 saturated carbocycles. The highest BCUT2D eigenvalue weighted by Gasteiger charge is 2.54. The van der Waals surface area contributed by atoms with E-state index in [1.165, 1.54) is 4.57 Å². The Hall–Kier alpha value is -1.80. The molecule has 2 aromatic rings. The van der Waals surface area contributed by atoms with E-state index in [-0.39, 0.29) is 19.8 Å². The third-order valence-corrected chi connectivity index (χ3v) is 4.13. The molecule has 0 atom stereocenters. The van der Waals surface area contributed by atoms with E-state index in [0.29, 0.717) is 11.1 Å². The highest BCUT2D eigenvalue weighted by Crippen LogP contribution is 2.38. The molecule has 1 aromatic heterocycles. The number of para-hydroxylation sites is 2. The van der Waals surface area contributed by atoms with Gasteiger partial charge in [0.25, 0.3) is 0 Å². The minimum Gasteiger partial charge on any atom is -0.408 e. The van der Waals surface area contributed by atoms with Crippen LogP contribution in [0.4, 0.5) is 13.2 Å². The fraction of sp³-hybridized carbons (Fsp3) is 0.500. The lowest BCUT2D eigenvalue weighted by Crippen LogP contribution is -2.53. The largest absolute Gasteiger partial charge is 0.421 e. The predicted molar refractivity (Wildman–Crippen MR) is 72.3 cm³/mol. The Kier molecular flexibility index (Phi) is 3.53. The van der Waals surface area contributed by atoms with Crippen LogP contribution in [0.2, 0.25) is 0 Å². The van der Waals surface area contributed by atoms with E-state index in [4.69, 9.17) is 4.42 Å². The summed E-state index contributed by atoms with van der Waals surface area (Å²) in [6, 6.07) is 6.87. The SMILES string of the molecule is O=c1oc2ccccc2n1CN1CCC(O)(C(F)(F)F)CC1. The van der Waals surface area contributed by atoms with Gasteiger partial charge in [0.05, 0.1) is 12.2 Å². The number of hydrogen-bond donors (Lipinski definition) is 1. The summed E-state index contributed by atoms with van der Waals surface area (Å²) >= 11 is 0. The summed E-state index contributed by atoms with van der Waals surface area (Å²) in [6.45, 7) is 0.258. The first kappa shape index (κ1) is 15.1. The summed E-state index contributed by atoms with van der Waals surface area (Å²) in [5, 5.41) is 9.64. The van der Waals surface area contributed by atoms with Crippen molar-refractivity contribution < 1.29 is 22.7 Å². The normalized spacial score (nSPS) is 19.6. The first-order valence-corrected chi connectivity index (χ1v) is 6.90. The fourth-order valence-corrected chi connectivity index (χ4v) is 2.70. The summed E-state index contributed by atoms with van der Waals surface area (Å²) in [4.78, 5) is 13.5. The molecule has 120 valence electrons. The van der Waals surface area contributed by atoms with E-state index in [0.717, 1.165) is 0 Å². The Morgan fingerprint density at radius 2 is 1.86 bits per heavy atom. The molecule has 5 nitrogen and oxygen atoms in total. The van der Waals surface area contributed by atoms with Gasteiger partial charge in [-0.3, -0.25) is 9.47 Å². The average molecular weight is 316 g/mol. The Labute approximate surface area is 123 Å². The maximum Gasteiger partial charge on any atom is 0.421 e. The van der Waals surface area contributed by atoms with E-state index < -0.39 is 30.4 Å². The average Bonchev–Trinajstić information content (AvgIpc) is 2.77. The summed E-state index contributed by atoms with van der Waals surface area (Å²) in [5.41, 5.74) is -1.59. The van der Waals surface area contributed by atoms with Crippen LogP contribution in [0.1, 0.15) is 12.8 Å². The number of benzene rings is 1. The molecular weight excluding hydrogens is 301 g/mol. The standard InChI is InChI=1S/C14H15F3N2O3/c15-14(16,17)13(21)5-7-18(8-6-13)9-19-10-3-1-2-4-11(10)22-12(19)20/h1-4,21H,5-9H2. The number of oxazole rings is 1. The third kappa shape index (κ3) is 2.52. The molecule has 1 aromatic carbocycles. The molecule has 22 heavy (non-hydrogen) atoms. The molecule has 0 unspecified atom stereocenters. The molecule has 1 saturated heterocycles. The Bertz CT molecular complexity index is 727. The van der Waals surface area contributed by atoms with Gasteiger partial charge in [-0.15, -0.1) is 0 Å². The van der Waals surface area contributed by atoms with E-state index >= 15 is 0 Å². The van der Waals surface area contributed by atoms with Crippen molar-refractivity contribution in [2.24, 2.45) is 0 Å². The van der Waals surface area contributed by atoms with Gasteiger partial charge in [-0.05, 0) is 25.0 Å². The second-order valence-corrected chi connectivity index (χ2v) is 5.55. The number of nitrogens with zero attached hydrogens (tertiary/aromatic N) is 2. The fourth-order valence-electron chi connectivity index (χ4n) is 2.70. The molecule has 1 fully saturated rings. The maximum absolute atomic E-state index is 12.8. The van der Waals surface area contributed by atoms with Crippen LogP contribution in [0.25, 0.3) is 11.1 Å². The van der Waals surface area contributed by atoms with E-state index in [1.54, 1.807) is 29.2 Å². The minimum absolute atomic E-state index is 0.0575. The Balaban J connectivity index is 1.76. The van der Waals surface area contributed by atoms with Gasteiger partial charge < -0.3 is 9.52 Å². The van der Waals surface area contributed by atoms with Crippen LogP contribution >= 0.6 is 0 Å². The molecule has 1 aliphatic rings. The zero-order chi connectivity index (χ0) is 16.0. The number of likely N-dealkylation sites (tertiary alicyclic amines) is 1. The zero-order valence-corrected chi connectivity index (χ0v) is 11.6. The summed E-state index contributed by atoms with van der Waals surface area (Å²) < 4.78 is 44.8. The minimum atomic E-state index is -4.63. The molecule has 0 radical (unpaired) electrons. The van der Waals surface area contributed by atoms with Crippen LogP contribution in [-0.4, -0.2) is 39.4 Å². The third-order valence-electron chi connectivity index (χ3n) is 4.13. The predicted octanol–water partition coefficient (Wildman–Crippen LogP) is 1.94. The number of aromatic nitrogens is 1. The molecule has 0 spiro atoms. The van der Waals surface area contributed by atoms with Crippen molar-refractivity contribution in [3.8, 4) is 0 Å². The second-order valence-electron chi connectivity index (χ2n) is 5.55. The quantitative estimate of drug-likeness (QED) is 0.920. The maximum atomic E-state index is 12.8. The van der Waals surface area contributed by atoms with Crippen LogP contribution in [-0.2, 0) is 6.67 Å². The zero-order valence-electron chi connectivity index (χ0n) is 11.6. The van der Waals surface area contributed by atoms with Crippen molar-refractivity contribution in [1.29, 1.82) is 0 Å². The molecule has 0 bridgehead atoms. The van der Waals surface area contributed by atoms with Crippen LogP contribution in [0.3, 0.4) is 0 Å². The van der Waals surface area contributed by atoms with Gasteiger partial charge in [0.1, 0.15) is 0 Å². The number of aliphatic hydroxyl groups is 1. The van der Waals surface area contributed by atoms with Crippen molar-refractivity contribution >= 4 is 11.1 Å². The lowest BCUT2D eigenvalue weighted by molar-refractivity contribution is -0.273. The molecular formula is C14H15F3N2O3. The van der Waals surface area contributed by atoms with Crippen LogP contribution < -0.4 is 5.76 Å². The summed E-state index contributed by atoms with van der Waals surface area (Å²) in [6.07, 6.45) is -5.43. The van der Waals surface area contributed by atoms with Crippen LogP contribution in [0, 0.1) is 0 Å². The van der Waals surface area contributed by atoms with Crippen molar-refractivity contribution in [2.75, 3.05) is 13.1 Å². The van der Waals surface area contributed by atoms with Crippen LogP contribution in [0.15, 0.2) is 33.5 Å². The number of rotatable bonds is 2. The van der Waals surface area contributed by atoms with Gasteiger partial charge in [-0.25, -0.2) is 4.79 Å². The number of hydrogen-bond acceptors (Lipinski definition) is 4. The van der Waals surface area contributed by atoms with Crippen molar-refractivity contribution in [3.05, 3.63) is 34.8 Å². The van der Waals surface area contributed by atoms with Crippen LogP contribution in [0.5, 0.6) is 0 Å². The first-order chi connectivity index (χ1) is 10.3. The van der Waals surface area contributed by atoms with Crippen molar-refractivity contribution in [1.82, 2.24) is 9.47 Å². The Morgan fingerprint density at radius 1 is 1.23 bits per heavy atom. The van der Waals surface area contributed by atoms with Gasteiger partial charge in [0, 0.05) is 13.1 Å².